The van der Waals surface area contributed by atoms with Crippen molar-refractivity contribution in [2.24, 2.45) is 0 Å². The van der Waals surface area contributed by atoms with Crippen LogP contribution in [0.15, 0.2) is 17.1 Å². The normalized spacial score (nSPS) is 10.3. The summed E-state index contributed by atoms with van der Waals surface area (Å²) in [6, 6.07) is 0. The number of aromatic carboxylic acids is 1. The van der Waals surface area contributed by atoms with E-state index in [4.69, 9.17) is 5.11 Å². The third-order valence-corrected chi connectivity index (χ3v) is 1.47. The highest BCUT2D eigenvalue weighted by atomic mass is 16.5. The molecule has 8 heteroatoms. The lowest BCUT2D eigenvalue weighted by atomic mass is 10.5. The molecule has 0 unspecified atom stereocenters. The van der Waals surface area contributed by atoms with Crippen molar-refractivity contribution in [3.8, 4) is 0 Å². The second-order valence-electron chi connectivity index (χ2n) is 2.45. The number of nitrogens with zero attached hydrogens (tertiary/aromatic N) is 5. The van der Waals surface area contributed by atoms with Crippen LogP contribution in [0.3, 0.4) is 0 Å². The average Bonchev–Trinajstić information content (AvgIpc) is 2.75. The highest BCUT2D eigenvalue weighted by Gasteiger charge is 2.09. The second-order valence-corrected chi connectivity index (χ2v) is 2.45. The highest BCUT2D eigenvalue weighted by Crippen LogP contribution is 1.96. The van der Waals surface area contributed by atoms with Gasteiger partial charge in [-0.05, 0) is 0 Å². The summed E-state index contributed by atoms with van der Waals surface area (Å²) in [5.74, 6) is -0.712. The Morgan fingerprint density at radius 2 is 2.50 bits per heavy atom. The van der Waals surface area contributed by atoms with Crippen LogP contribution in [0.1, 0.15) is 16.3 Å². The molecule has 8 nitrogen and oxygen atoms in total. The maximum Gasteiger partial charge on any atom is 0.358 e. The Hall–Kier alpha value is -2.25. The van der Waals surface area contributed by atoms with Crippen molar-refractivity contribution in [1.29, 1.82) is 0 Å². The molecule has 0 aromatic carbocycles. The van der Waals surface area contributed by atoms with Crippen LogP contribution in [-0.2, 0) is 6.54 Å². The monoisotopic (exact) mass is 195 g/mol. The van der Waals surface area contributed by atoms with Crippen LogP contribution >= 0.6 is 0 Å². The zero-order chi connectivity index (χ0) is 9.97. The molecule has 0 spiro atoms. The van der Waals surface area contributed by atoms with Crippen LogP contribution in [0.4, 0.5) is 0 Å². The van der Waals surface area contributed by atoms with Crippen molar-refractivity contribution in [3.05, 3.63) is 24.1 Å². The van der Waals surface area contributed by atoms with Crippen LogP contribution in [0, 0.1) is 0 Å². The minimum absolute atomic E-state index is 0.117. The first kappa shape index (κ1) is 8.35. The standard InChI is InChI=1S/C6H5N5O3/c12-6(13)4-1-11(10-8-4)2-5-7-3-14-9-5/h1,3H,2H2,(H,12,13). The van der Waals surface area contributed by atoms with E-state index in [1.54, 1.807) is 0 Å². The molecule has 0 aliphatic heterocycles. The van der Waals surface area contributed by atoms with E-state index in [2.05, 4.69) is 25.0 Å². The maximum atomic E-state index is 10.5. The lowest BCUT2D eigenvalue weighted by Crippen LogP contribution is -2.02. The predicted octanol–water partition coefficient (Wildman–Crippen LogP) is -0.592. The number of aromatic nitrogens is 5. The largest absolute Gasteiger partial charge is 0.476 e. The quantitative estimate of drug-likeness (QED) is 0.697. The van der Waals surface area contributed by atoms with Gasteiger partial charge in [-0.1, -0.05) is 10.4 Å². The fourth-order valence-electron chi connectivity index (χ4n) is 0.881. The van der Waals surface area contributed by atoms with Gasteiger partial charge in [-0.25, -0.2) is 9.48 Å². The molecule has 14 heavy (non-hydrogen) atoms. The minimum atomic E-state index is -1.12. The van der Waals surface area contributed by atoms with E-state index in [0.717, 1.165) is 0 Å². The van der Waals surface area contributed by atoms with Crippen LogP contribution in [0.5, 0.6) is 0 Å². The number of rotatable bonds is 3. The summed E-state index contributed by atoms with van der Waals surface area (Å²) in [5.41, 5.74) is -0.117. The van der Waals surface area contributed by atoms with Gasteiger partial charge in [-0.15, -0.1) is 5.10 Å². The molecule has 0 saturated carbocycles. The lowest BCUT2D eigenvalue weighted by molar-refractivity contribution is 0.0690. The summed E-state index contributed by atoms with van der Waals surface area (Å²) < 4.78 is 5.82. The molecule has 2 aromatic heterocycles. The van der Waals surface area contributed by atoms with Crippen molar-refractivity contribution in [1.82, 2.24) is 25.1 Å². The van der Waals surface area contributed by atoms with Gasteiger partial charge in [-0.3, -0.25) is 0 Å². The Kier molecular flexibility index (Phi) is 1.94. The molecule has 0 amide bonds. The second kappa shape index (κ2) is 3.24. The maximum absolute atomic E-state index is 10.5. The van der Waals surface area contributed by atoms with Gasteiger partial charge < -0.3 is 9.63 Å². The van der Waals surface area contributed by atoms with Crippen LogP contribution in [0.25, 0.3) is 0 Å². The number of hydrogen-bond acceptors (Lipinski definition) is 6. The van der Waals surface area contributed by atoms with E-state index >= 15 is 0 Å². The zero-order valence-electron chi connectivity index (χ0n) is 6.86. The smallest absolute Gasteiger partial charge is 0.358 e. The average molecular weight is 195 g/mol. The fraction of sp³-hybridized carbons (Fsp3) is 0.167. The van der Waals surface area contributed by atoms with E-state index in [1.165, 1.54) is 17.3 Å². The van der Waals surface area contributed by atoms with Gasteiger partial charge >= 0.3 is 5.97 Å². The van der Waals surface area contributed by atoms with E-state index in [9.17, 15) is 4.79 Å². The van der Waals surface area contributed by atoms with Gasteiger partial charge in [0.2, 0.25) is 6.39 Å². The molecule has 0 aliphatic carbocycles. The summed E-state index contributed by atoms with van der Waals surface area (Å²) in [6.45, 7) is 0.233. The van der Waals surface area contributed by atoms with Gasteiger partial charge in [-0.2, -0.15) is 4.98 Å². The van der Waals surface area contributed by atoms with E-state index < -0.39 is 5.97 Å². The molecule has 2 heterocycles. The van der Waals surface area contributed by atoms with Gasteiger partial charge in [0.15, 0.2) is 11.5 Å². The molecule has 0 atom stereocenters. The first-order chi connectivity index (χ1) is 6.75. The molecule has 1 N–H and O–H groups in total. The molecule has 0 radical (unpaired) electrons. The molecule has 2 rings (SSSR count). The van der Waals surface area contributed by atoms with Crippen LogP contribution in [0.2, 0.25) is 0 Å². The zero-order valence-corrected chi connectivity index (χ0v) is 6.86. The van der Waals surface area contributed by atoms with Crippen molar-refractivity contribution in [2.75, 3.05) is 0 Å². The number of carboxylic acid groups (broad SMARTS) is 1. The van der Waals surface area contributed by atoms with Crippen molar-refractivity contribution >= 4 is 5.97 Å². The number of hydrogen-bond donors (Lipinski definition) is 1. The molecule has 0 bridgehead atoms. The molecule has 0 saturated heterocycles. The third kappa shape index (κ3) is 1.58. The first-order valence-electron chi connectivity index (χ1n) is 3.64. The molecule has 72 valence electrons. The van der Waals surface area contributed by atoms with Crippen molar-refractivity contribution in [3.63, 3.8) is 0 Å². The fourth-order valence-corrected chi connectivity index (χ4v) is 0.881. The Morgan fingerprint density at radius 3 is 3.07 bits per heavy atom. The Labute approximate surface area is 77.2 Å². The third-order valence-electron chi connectivity index (χ3n) is 1.47. The predicted molar refractivity (Wildman–Crippen MR) is 40.4 cm³/mol. The lowest BCUT2D eigenvalue weighted by Gasteiger charge is -1.91. The van der Waals surface area contributed by atoms with Crippen LogP contribution < -0.4 is 0 Å². The Morgan fingerprint density at radius 1 is 1.64 bits per heavy atom. The van der Waals surface area contributed by atoms with Gasteiger partial charge in [0.1, 0.15) is 6.54 Å². The molecular formula is C6H5N5O3. The van der Waals surface area contributed by atoms with Crippen molar-refractivity contribution in [2.45, 2.75) is 6.54 Å². The highest BCUT2D eigenvalue weighted by molar-refractivity contribution is 5.84. The Balaban J connectivity index is 2.14. The molecule has 0 aliphatic rings. The summed E-state index contributed by atoms with van der Waals surface area (Å²) in [7, 11) is 0. The van der Waals surface area contributed by atoms with E-state index in [0.29, 0.717) is 5.82 Å². The number of carbonyl (C=O) groups is 1. The van der Waals surface area contributed by atoms with Crippen LogP contribution in [-0.4, -0.2) is 36.2 Å². The van der Waals surface area contributed by atoms with Crippen molar-refractivity contribution < 1.29 is 14.4 Å². The summed E-state index contributed by atoms with van der Waals surface area (Å²) in [5, 5.41) is 19.1. The molecule has 0 fully saturated rings. The first-order valence-corrected chi connectivity index (χ1v) is 3.64. The van der Waals surface area contributed by atoms with E-state index in [-0.39, 0.29) is 12.2 Å². The van der Waals surface area contributed by atoms with Gasteiger partial charge in [0.25, 0.3) is 0 Å². The summed E-state index contributed by atoms with van der Waals surface area (Å²) in [4.78, 5) is 14.2. The minimum Gasteiger partial charge on any atom is -0.476 e. The summed E-state index contributed by atoms with van der Waals surface area (Å²) >= 11 is 0. The summed E-state index contributed by atoms with van der Waals surface area (Å²) in [6.07, 6.45) is 2.48. The molecular weight excluding hydrogens is 190 g/mol. The SMILES string of the molecule is O=C(O)c1cn(Cc2ncon2)nn1. The topological polar surface area (TPSA) is 107 Å². The van der Waals surface area contributed by atoms with Gasteiger partial charge in [0, 0.05) is 0 Å². The Bertz CT molecular complexity index is 434. The number of carboxylic acids is 1. The van der Waals surface area contributed by atoms with Gasteiger partial charge in [0.05, 0.1) is 6.20 Å². The molecule has 2 aromatic rings. The van der Waals surface area contributed by atoms with E-state index in [1.807, 2.05) is 0 Å².